The first kappa shape index (κ1) is 10.5. The predicted molar refractivity (Wildman–Crippen MR) is 40.9 cm³/mol. The molecular formula is C8H6F3NO2. The van der Waals surface area contributed by atoms with E-state index in [2.05, 4.69) is 4.98 Å². The molecule has 1 rings (SSSR count). The summed E-state index contributed by atoms with van der Waals surface area (Å²) in [6.07, 6.45) is -3.85. The van der Waals surface area contributed by atoms with Crippen LogP contribution in [0.1, 0.15) is 23.0 Å². The van der Waals surface area contributed by atoms with Crippen LogP contribution in [-0.4, -0.2) is 15.9 Å². The molecule has 0 fully saturated rings. The van der Waals surface area contributed by atoms with E-state index in [9.17, 15) is 18.0 Å². The van der Waals surface area contributed by atoms with Gasteiger partial charge in [-0.1, -0.05) is 0 Å². The first-order valence-electron chi connectivity index (χ1n) is 3.60. The Balaban J connectivity index is 3.35. The van der Waals surface area contributed by atoms with Gasteiger partial charge in [0.05, 0.1) is 0 Å². The van der Waals surface area contributed by atoms with Gasteiger partial charge in [-0.2, -0.15) is 13.2 Å². The number of halogens is 3. The Morgan fingerprint density at radius 1 is 1.50 bits per heavy atom. The molecule has 3 nitrogen and oxygen atoms in total. The van der Waals surface area contributed by atoms with Crippen LogP contribution in [-0.2, 0) is 6.18 Å². The highest BCUT2D eigenvalue weighted by atomic mass is 19.4. The monoisotopic (exact) mass is 205 g/mol. The normalized spacial score (nSPS) is 11.4. The Kier molecular flexibility index (Phi) is 2.46. The highest BCUT2D eigenvalue weighted by molar-refractivity contribution is 5.95. The van der Waals surface area contributed by atoms with E-state index in [1.54, 1.807) is 0 Å². The molecule has 14 heavy (non-hydrogen) atoms. The number of ketones is 1. The van der Waals surface area contributed by atoms with Gasteiger partial charge >= 0.3 is 6.18 Å². The van der Waals surface area contributed by atoms with Crippen molar-refractivity contribution in [3.8, 4) is 5.75 Å². The summed E-state index contributed by atoms with van der Waals surface area (Å²) in [6, 6.07) is 0.613. The lowest BCUT2D eigenvalue weighted by molar-refractivity contribution is -0.138. The molecule has 1 aromatic rings. The molecule has 0 aliphatic heterocycles. The third-order valence-electron chi connectivity index (χ3n) is 1.56. The van der Waals surface area contributed by atoms with Crippen molar-refractivity contribution in [1.29, 1.82) is 0 Å². The van der Waals surface area contributed by atoms with E-state index in [1.165, 1.54) is 0 Å². The Labute approximate surface area is 77.2 Å². The van der Waals surface area contributed by atoms with Gasteiger partial charge in [-0.3, -0.25) is 4.79 Å². The second-order valence-corrected chi connectivity index (χ2v) is 2.61. The number of carbonyl (C=O) groups excluding carboxylic acids is 1. The number of aromatic nitrogens is 1. The molecule has 0 unspecified atom stereocenters. The number of carbonyl (C=O) groups is 1. The standard InChI is InChI=1S/C8H6F3NO2/c1-4(13)6-7(14)5(2-3-12-6)8(9,10)11/h2-3,14H,1H3. The maximum absolute atomic E-state index is 12.2. The Morgan fingerprint density at radius 2 is 2.07 bits per heavy atom. The fourth-order valence-corrected chi connectivity index (χ4v) is 0.940. The van der Waals surface area contributed by atoms with E-state index in [-0.39, 0.29) is 0 Å². The van der Waals surface area contributed by atoms with Crippen LogP contribution in [0.15, 0.2) is 12.3 Å². The molecule has 1 aromatic heterocycles. The van der Waals surface area contributed by atoms with Gasteiger partial charge in [0.1, 0.15) is 11.3 Å². The molecule has 6 heteroatoms. The van der Waals surface area contributed by atoms with Gasteiger partial charge in [-0.25, -0.2) is 4.98 Å². The molecule has 0 bridgehead atoms. The molecule has 1 N–H and O–H groups in total. The van der Waals surface area contributed by atoms with Crippen molar-refractivity contribution in [2.75, 3.05) is 0 Å². The van der Waals surface area contributed by atoms with Crippen molar-refractivity contribution in [3.63, 3.8) is 0 Å². The molecular weight excluding hydrogens is 199 g/mol. The van der Waals surface area contributed by atoms with Crippen LogP contribution < -0.4 is 0 Å². The Morgan fingerprint density at radius 3 is 2.50 bits per heavy atom. The van der Waals surface area contributed by atoms with Gasteiger partial charge in [0.2, 0.25) is 0 Å². The van der Waals surface area contributed by atoms with Crippen LogP contribution in [0.25, 0.3) is 0 Å². The molecule has 0 spiro atoms. The third-order valence-corrected chi connectivity index (χ3v) is 1.56. The molecule has 0 radical (unpaired) electrons. The number of aromatic hydroxyl groups is 1. The van der Waals surface area contributed by atoms with Crippen LogP contribution in [0.3, 0.4) is 0 Å². The summed E-state index contributed by atoms with van der Waals surface area (Å²) in [5, 5.41) is 9.09. The van der Waals surface area contributed by atoms with Crippen molar-refractivity contribution in [3.05, 3.63) is 23.5 Å². The van der Waals surface area contributed by atoms with Crippen LogP contribution in [0, 0.1) is 0 Å². The number of Topliss-reactive ketones (excluding diaryl/α,β-unsaturated/α-hetero) is 1. The first-order valence-corrected chi connectivity index (χ1v) is 3.60. The molecule has 0 amide bonds. The highest BCUT2D eigenvalue weighted by Crippen LogP contribution is 2.36. The molecule has 1 heterocycles. The number of rotatable bonds is 1. The van der Waals surface area contributed by atoms with Crippen molar-refractivity contribution >= 4 is 5.78 Å². The van der Waals surface area contributed by atoms with Crippen LogP contribution in [0.5, 0.6) is 5.75 Å². The lowest BCUT2D eigenvalue weighted by atomic mass is 10.1. The summed E-state index contributed by atoms with van der Waals surface area (Å²) >= 11 is 0. The summed E-state index contributed by atoms with van der Waals surface area (Å²) in [5.74, 6) is -1.83. The highest BCUT2D eigenvalue weighted by Gasteiger charge is 2.35. The van der Waals surface area contributed by atoms with Crippen molar-refractivity contribution in [1.82, 2.24) is 4.98 Å². The summed E-state index contributed by atoms with van der Waals surface area (Å²) in [4.78, 5) is 14.1. The molecule has 0 aromatic carbocycles. The third kappa shape index (κ3) is 1.84. The van der Waals surface area contributed by atoms with Crippen molar-refractivity contribution < 1.29 is 23.1 Å². The Hall–Kier alpha value is -1.59. The van der Waals surface area contributed by atoms with Crippen molar-refractivity contribution in [2.24, 2.45) is 0 Å². The van der Waals surface area contributed by atoms with Gasteiger partial charge in [0.15, 0.2) is 11.5 Å². The van der Waals surface area contributed by atoms with Crippen LogP contribution >= 0.6 is 0 Å². The largest absolute Gasteiger partial charge is 0.505 e. The minimum absolute atomic E-state index is 0.570. The van der Waals surface area contributed by atoms with E-state index < -0.39 is 29.0 Å². The fourth-order valence-electron chi connectivity index (χ4n) is 0.940. The lowest BCUT2D eigenvalue weighted by Gasteiger charge is -2.09. The second kappa shape index (κ2) is 3.28. The van der Waals surface area contributed by atoms with Gasteiger partial charge in [-0.05, 0) is 6.07 Å². The maximum Gasteiger partial charge on any atom is 0.420 e. The fraction of sp³-hybridized carbons (Fsp3) is 0.250. The topological polar surface area (TPSA) is 50.2 Å². The summed E-state index contributed by atoms with van der Waals surface area (Å²) in [5.41, 5.74) is -1.82. The van der Waals surface area contributed by atoms with E-state index in [1.807, 2.05) is 0 Å². The van der Waals surface area contributed by atoms with Crippen molar-refractivity contribution in [2.45, 2.75) is 13.1 Å². The minimum atomic E-state index is -4.68. The number of alkyl halides is 3. The number of hydrogen-bond donors (Lipinski definition) is 1. The minimum Gasteiger partial charge on any atom is -0.505 e. The lowest BCUT2D eigenvalue weighted by Crippen LogP contribution is -2.08. The average molecular weight is 205 g/mol. The van der Waals surface area contributed by atoms with Gasteiger partial charge < -0.3 is 5.11 Å². The molecule has 0 aliphatic rings. The van der Waals surface area contributed by atoms with E-state index >= 15 is 0 Å². The van der Waals surface area contributed by atoms with Crippen LogP contribution in [0.2, 0.25) is 0 Å². The number of hydrogen-bond acceptors (Lipinski definition) is 3. The second-order valence-electron chi connectivity index (χ2n) is 2.61. The molecule has 76 valence electrons. The predicted octanol–water partition coefficient (Wildman–Crippen LogP) is 2.01. The molecule has 0 saturated heterocycles. The molecule has 0 saturated carbocycles. The van der Waals surface area contributed by atoms with E-state index in [0.29, 0.717) is 6.07 Å². The summed E-state index contributed by atoms with van der Waals surface area (Å²) in [7, 11) is 0. The van der Waals surface area contributed by atoms with Gasteiger partial charge in [0.25, 0.3) is 0 Å². The van der Waals surface area contributed by atoms with Crippen LogP contribution in [0.4, 0.5) is 13.2 Å². The Bertz CT molecular complexity index is 373. The summed E-state index contributed by atoms with van der Waals surface area (Å²) in [6.45, 7) is 1.03. The smallest absolute Gasteiger partial charge is 0.420 e. The van der Waals surface area contributed by atoms with E-state index in [0.717, 1.165) is 13.1 Å². The quantitative estimate of drug-likeness (QED) is 0.713. The zero-order chi connectivity index (χ0) is 10.9. The zero-order valence-electron chi connectivity index (χ0n) is 7.09. The van der Waals surface area contributed by atoms with E-state index in [4.69, 9.17) is 5.11 Å². The molecule has 0 aliphatic carbocycles. The number of pyridine rings is 1. The first-order chi connectivity index (χ1) is 6.34. The maximum atomic E-state index is 12.2. The zero-order valence-corrected chi connectivity index (χ0v) is 7.09. The average Bonchev–Trinajstić information content (AvgIpc) is 2.01. The van der Waals surface area contributed by atoms with Gasteiger partial charge in [-0.15, -0.1) is 0 Å². The summed E-state index contributed by atoms with van der Waals surface area (Å²) < 4.78 is 36.6. The molecule has 0 atom stereocenters. The SMILES string of the molecule is CC(=O)c1nccc(C(F)(F)F)c1O. The van der Waals surface area contributed by atoms with Gasteiger partial charge in [0, 0.05) is 13.1 Å². The number of nitrogens with zero attached hydrogens (tertiary/aromatic N) is 1.